The van der Waals surface area contributed by atoms with Crippen LogP contribution in [-0.4, -0.2) is 6.79 Å². The molecule has 0 aliphatic carbocycles. The number of hydrogen-bond donors (Lipinski definition) is 0. The minimum absolute atomic E-state index is 0. The molecular formula is C19H17INO2+. The number of hydrogen-bond acceptors (Lipinski definition) is 2. The molecule has 0 atom stereocenters. The van der Waals surface area contributed by atoms with Gasteiger partial charge in [-0.25, -0.2) is 0 Å². The van der Waals surface area contributed by atoms with Crippen molar-refractivity contribution < 1.29 is 14.0 Å². The summed E-state index contributed by atoms with van der Waals surface area (Å²) in [6.07, 6.45) is 4.20. The van der Waals surface area contributed by atoms with E-state index < -0.39 is 0 Å². The van der Waals surface area contributed by atoms with Crippen molar-refractivity contribution in [1.29, 1.82) is 0 Å². The first-order valence-electron chi connectivity index (χ1n) is 7.27. The molecule has 0 saturated carbocycles. The van der Waals surface area contributed by atoms with Crippen molar-refractivity contribution in [2.75, 3.05) is 6.79 Å². The summed E-state index contributed by atoms with van der Waals surface area (Å²) in [4.78, 5) is 0. The Hall–Kier alpha value is -2.08. The molecule has 2 heterocycles. The van der Waals surface area contributed by atoms with E-state index >= 15 is 0 Å². The fraction of sp³-hybridized carbons (Fsp3) is 0.105. The molecule has 1 aromatic heterocycles. The predicted molar refractivity (Wildman–Crippen MR) is 102 cm³/mol. The second-order valence-electron chi connectivity index (χ2n) is 5.32. The van der Waals surface area contributed by atoms with Gasteiger partial charge in [0.2, 0.25) is 18.0 Å². The fourth-order valence-electron chi connectivity index (χ4n) is 2.73. The average Bonchev–Trinajstić information content (AvgIpc) is 3.02. The summed E-state index contributed by atoms with van der Waals surface area (Å²) >= 11 is 0. The lowest BCUT2D eigenvalue weighted by Gasteiger charge is -2.00. The van der Waals surface area contributed by atoms with Gasteiger partial charge in [-0.3, -0.25) is 0 Å². The molecule has 116 valence electrons. The first-order chi connectivity index (χ1) is 10.8. The molecule has 4 heteroatoms. The van der Waals surface area contributed by atoms with Gasteiger partial charge >= 0.3 is 0 Å². The number of pyridine rings is 1. The molecule has 4 rings (SSSR count). The van der Waals surface area contributed by atoms with Crippen LogP contribution in [0.25, 0.3) is 23.1 Å². The number of halogens is 1. The van der Waals surface area contributed by atoms with E-state index in [0.29, 0.717) is 6.79 Å². The largest absolute Gasteiger partial charge is 0.454 e. The molecule has 0 amide bonds. The van der Waals surface area contributed by atoms with Crippen LogP contribution in [0.3, 0.4) is 0 Å². The van der Waals surface area contributed by atoms with Crippen LogP contribution in [-0.2, 0) is 7.05 Å². The first kappa shape index (κ1) is 15.8. The van der Waals surface area contributed by atoms with Gasteiger partial charge in [-0.2, -0.15) is 4.57 Å². The molecule has 1 aliphatic rings. The van der Waals surface area contributed by atoms with Crippen LogP contribution < -0.4 is 14.0 Å². The first-order valence-corrected chi connectivity index (χ1v) is 7.27. The Morgan fingerprint density at radius 1 is 0.913 bits per heavy atom. The Balaban J connectivity index is 0.00000156. The summed E-state index contributed by atoms with van der Waals surface area (Å²) in [6.45, 7) is 0.308. The Kier molecular flexibility index (Phi) is 4.52. The number of benzene rings is 2. The number of ether oxygens (including phenoxy) is 2. The molecule has 0 N–H and O–H groups in total. The third-order valence-corrected chi connectivity index (χ3v) is 3.96. The van der Waals surface area contributed by atoms with Gasteiger partial charge in [0, 0.05) is 23.6 Å². The molecule has 1 aliphatic heterocycles. The molecule has 23 heavy (non-hydrogen) atoms. The van der Waals surface area contributed by atoms with Crippen LogP contribution in [0.5, 0.6) is 11.5 Å². The highest BCUT2D eigenvalue weighted by atomic mass is 127. The maximum absolute atomic E-state index is 5.41. The maximum Gasteiger partial charge on any atom is 0.231 e. The number of para-hydroxylation sites is 1. The minimum atomic E-state index is 0. The topological polar surface area (TPSA) is 22.3 Å². The van der Waals surface area contributed by atoms with E-state index in [0.717, 1.165) is 22.8 Å². The molecule has 0 bridgehead atoms. The number of aryl methyl sites for hydroxylation is 1. The molecule has 0 unspecified atom stereocenters. The minimum Gasteiger partial charge on any atom is -0.454 e. The molecule has 2 aromatic carbocycles. The molecule has 0 saturated heterocycles. The highest BCUT2D eigenvalue weighted by Crippen LogP contribution is 2.32. The monoisotopic (exact) mass is 418 g/mol. The lowest BCUT2D eigenvalue weighted by atomic mass is 10.1. The van der Waals surface area contributed by atoms with E-state index in [4.69, 9.17) is 9.47 Å². The van der Waals surface area contributed by atoms with E-state index in [-0.39, 0.29) is 24.0 Å². The summed E-state index contributed by atoms with van der Waals surface area (Å²) < 4.78 is 12.9. The van der Waals surface area contributed by atoms with E-state index in [1.807, 2.05) is 18.2 Å². The predicted octanol–water partition coefficient (Wildman–Crippen LogP) is 4.18. The summed E-state index contributed by atoms with van der Waals surface area (Å²) in [5.41, 5.74) is 3.46. The summed E-state index contributed by atoms with van der Waals surface area (Å²) in [7, 11) is 2.08. The Bertz CT molecular complexity index is 890. The summed E-state index contributed by atoms with van der Waals surface area (Å²) in [6, 6.07) is 18.6. The number of rotatable bonds is 2. The molecular weight excluding hydrogens is 401 g/mol. The van der Waals surface area contributed by atoms with Gasteiger partial charge in [-0.05, 0) is 35.9 Å². The highest BCUT2D eigenvalue weighted by molar-refractivity contribution is 14.0. The van der Waals surface area contributed by atoms with E-state index in [9.17, 15) is 0 Å². The highest BCUT2D eigenvalue weighted by Gasteiger charge is 2.12. The van der Waals surface area contributed by atoms with E-state index in [1.165, 1.54) is 10.9 Å². The molecule has 3 aromatic rings. The lowest BCUT2D eigenvalue weighted by Crippen LogP contribution is -2.32. The van der Waals surface area contributed by atoms with Gasteiger partial charge in [-0.1, -0.05) is 18.2 Å². The zero-order valence-corrected chi connectivity index (χ0v) is 15.1. The van der Waals surface area contributed by atoms with Crippen molar-refractivity contribution >= 4 is 47.0 Å². The van der Waals surface area contributed by atoms with Crippen LogP contribution >= 0.6 is 24.0 Å². The van der Waals surface area contributed by atoms with Crippen molar-refractivity contribution in [2.45, 2.75) is 0 Å². The maximum atomic E-state index is 5.41. The SMILES string of the molecule is C[n+]1c(C=Cc2ccc3c(c2)OCO3)ccc2ccccc21.I. The number of fused-ring (bicyclic) bond motifs is 2. The van der Waals surface area contributed by atoms with Crippen molar-refractivity contribution in [3.05, 3.63) is 65.9 Å². The van der Waals surface area contributed by atoms with Crippen molar-refractivity contribution in [3.63, 3.8) is 0 Å². The van der Waals surface area contributed by atoms with Crippen LogP contribution in [0.1, 0.15) is 11.3 Å². The van der Waals surface area contributed by atoms with Gasteiger partial charge in [0.25, 0.3) is 0 Å². The van der Waals surface area contributed by atoms with Crippen LogP contribution in [0, 0.1) is 0 Å². The summed E-state index contributed by atoms with van der Waals surface area (Å²) in [5.74, 6) is 1.62. The molecule has 0 radical (unpaired) electrons. The van der Waals surface area contributed by atoms with E-state index in [1.54, 1.807) is 0 Å². The molecule has 3 nitrogen and oxygen atoms in total. The Morgan fingerprint density at radius 2 is 1.74 bits per heavy atom. The van der Waals surface area contributed by atoms with Gasteiger partial charge in [0.1, 0.15) is 7.05 Å². The van der Waals surface area contributed by atoms with Crippen molar-refractivity contribution in [1.82, 2.24) is 0 Å². The second kappa shape index (κ2) is 6.58. The normalized spacial score (nSPS) is 12.6. The van der Waals surface area contributed by atoms with Crippen molar-refractivity contribution in [2.24, 2.45) is 7.05 Å². The fourth-order valence-corrected chi connectivity index (χ4v) is 2.73. The smallest absolute Gasteiger partial charge is 0.231 e. The van der Waals surface area contributed by atoms with Crippen molar-refractivity contribution in [3.8, 4) is 11.5 Å². The third-order valence-electron chi connectivity index (χ3n) is 3.96. The van der Waals surface area contributed by atoms with Gasteiger partial charge in [0.15, 0.2) is 11.5 Å². The standard InChI is InChI=1S/C19H16NO2.HI/c1-20-16(10-8-15-4-2-3-5-17(15)20)9-6-14-7-11-18-19(12-14)22-13-21-18;/h2-12H,13H2,1H3;1H/q+1;. The molecule has 0 fully saturated rings. The van der Waals surface area contributed by atoms with Crippen LogP contribution in [0.4, 0.5) is 0 Å². The second-order valence-corrected chi connectivity index (χ2v) is 5.32. The number of nitrogens with zero attached hydrogens (tertiary/aromatic N) is 1. The Labute approximate surface area is 152 Å². The third kappa shape index (κ3) is 3.03. The van der Waals surface area contributed by atoms with Gasteiger partial charge < -0.3 is 9.47 Å². The summed E-state index contributed by atoms with van der Waals surface area (Å²) in [5, 5.41) is 1.24. The Morgan fingerprint density at radius 3 is 2.65 bits per heavy atom. The van der Waals surface area contributed by atoms with Gasteiger partial charge in [-0.15, -0.1) is 24.0 Å². The lowest BCUT2D eigenvalue weighted by molar-refractivity contribution is -0.646. The number of aromatic nitrogens is 1. The average molecular weight is 418 g/mol. The molecule has 0 spiro atoms. The zero-order valence-electron chi connectivity index (χ0n) is 12.7. The van der Waals surface area contributed by atoms with Crippen LogP contribution in [0.15, 0.2) is 54.6 Å². The van der Waals surface area contributed by atoms with Gasteiger partial charge in [0.05, 0.1) is 0 Å². The quantitative estimate of drug-likeness (QED) is 0.460. The zero-order chi connectivity index (χ0) is 14.9. The van der Waals surface area contributed by atoms with Crippen LogP contribution in [0.2, 0.25) is 0 Å². The van der Waals surface area contributed by atoms with E-state index in [2.05, 4.69) is 60.2 Å².